The number of hydrogen-bond acceptors (Lipinski definition) is 3. The molecule has 0 aliphatic carbocycles. The Kier molecular flexibility index (Phi) is 2.57. The molecule has 3 aromatic rings. The first-order chi connectivity index (χ1) is 9.59. The van der Waals surface area contributed by atoms with Gasteiger partial charge in [0, 0.05) is 6.07 Å². The second-order valence-electron chi connectivity index (χ2n) is 4.30. The smallest absolute Gasteiger partial charge is 0.424 e. The number of carbonyl (C=O) groups is 1. The molecule has 2 N–H and O–H groups in total. The maximum atomic E-state index is 11.8. The molecule has 0 aliphatic heterocycles. The van der Waals surface area contributed by atoms with Crippen LogP contribution in [-0.2, 0) is 0 Å². The molecule has 0 fully saturated rings. The van der Waals surface area contributed by atoms with Gasteiger partial charge in [-0.15, -0.1) is 0 Å². The monoisotopic (exact) mass is 270 g/mol. The second kappa shape index (κ2) is 4.27. The largest absolute Gasteiger partial charge is 0.710 e. The molecule has 0 amide bonds. The third kappa shape index (κ3) is 1.66. The van der Waals surface area contributed by atoms with Crippen molar-refractivity contribution in [3.05, 3.63) is 59.6 Å². The Morgan fingerprint density at radius 3 is 2.45 bits per heavy atom. The van der Waals surface area contributed by atoms with Gasteiger partial charge in [-0.2, -0.15) is 0 Å². The predicted octanol–water partition coefficient (Wildman–Crippen LogP) is 1.88. The molecule has 0 bridgehead atoms. The molecule has 0 spiro atoms. The molecule has 0 saturated carbocycles. The lowest BCUT2D eigenvalue weighted by Gasteiger charge is -2.01. The molecule has 1 aromatic heterocycles. The fourth-order valence-corrected chi connectivity index (χ4v) is 2.17. The number of hydrogen-bond donors (Lipinski definition) is 2. The van der Waals surface area contributed by atoms with Gasteiger partial charge in [0.05, 0.1) is 0 Å². The summed E-state index contributed by atoms with van der Waals surface area (Å²) in [5, 5.41) is 30.6. The van der Waals surface area contributed by atoms with E-state index in [4.69, 9.17) is 5.11 Å². The number of fused-ring (bicyclic) bond motifs is 1. The fourth-order valence-electron chi connectivity index (χ4n) is 2.17. The van der Waals surface area contributed by atoms with Crippen LogP contribution in [0.25, 0.3) is 22.2 Å². The second-order valence-corrected chi connectivity index (χ2v) is 4.30. The van der Waals surface area contributed by atoms with Gasteiger partial charge in [-0.1, -0.05) is 30.3 Å². The van der Waals surface area contributed by atoms with Crippen molar-refractivity contribution in [2.45, 2.75) is 0 Å². The Morgan fingerprint density at radius 2 is 1.80 bits per heavy atom. The van der Waals surface area contributed by atoms with Crippen molar-refractivity contribution < 1.29 is 19.8 Å². The van der Waals surface area contributed by atoms with Crippen LogP contribution in [-0.4, -0.2) is 21.0 Å². The number of nitrogens with zero attached hydrogens (tertiary/aromatic N) is 2. The minimum absolute atomic E-state index is 0.101. The van der Waals surface area contributed by atoms with Crippen LogP contribution in [0.3, 0.4) is 0 Å². The van der Waals surface area contributed by atoms with Crippen LogP contribution in [0.1, 0.15) is 10.6 Å². The summed E-state index contributed by atoms with van der Waals surface area (Å²) >= 11 is 0. The van der Waals surface area contributed by atoms with Gasteiger partial charge in [0.2, 0.25) is 5.52 Å². The van der Waals surface area contributed by atoms with Crippen molar-refractivity contribution in [3.63, 3.8) is 0 Å². The molecule has 20 heavy (non-hydrogen) atoms. The topological polar surface area (TPSA) is 89.4 Å². The average Bonchev–Trinajstić information content (AvgIpc) is 2.71. The number of aromatic nitrogens is 2. The zero-order chi connectivity index (χ0) is 14.3. The normalized spacial score (nSPS) is 10.8. The molecule has 0 aliphatic rings. The van der Waals surface area contributed by atoms with Crippen molar-refractivity contribution in [3.8, 4) is 11.1 Å². The van der Waals surface area contributed by atoms with E-state index >= 15 is 0 Å². The molecule has 6 heteroatoms. The first-order valence-electron chi connectivity index (χ1n) is 5.85. The summed E-state index contributed by atoms with van der Waals surface area (Å²) in [7, 11) is 0. The van der Waals surface area contributed by atoms with Gasteiger partial charge < -0.3 is 15.5 Å². The van der Waals surface area contributed by atoms with E-state index in [1.807, 2.05) is 30.3 Å². The van der Waals surface area contributed by atoms with E-state index in [9.17, 15) is 15.2 Å². The standard InChI is InChI=1S/C14H10N2O4/c17-14(18)13-15(19)11-7-6-10(8-12(11)16(13)20)9-4-2-1-3-5-9/h1-8,20H,(H,17,18). The van der Waals surface area contributed by atoms with Gasteiger partial charge in [0.15, 0.2) is 5.52 Å². The van der Waals surface area contributed by atoms with Crippen LogP contribution in [0, 0.1) is 5.21 Å². The number of carboxylic acid groups (broad SMARTS) is 1. The zero-order valence-electron chi connectivity index (χ0n) is 10.2. The van der Waals surface area contributed by atoms with E-state index in [0.29, 0.717) is 4.73 Å². The summed E-state index contributed by atoms with van der Waals surface area (Å²) in [6.07, 6.45) is 0. The van der Waals surface area contributed by atoms with Crippen LogP contribution in [0.5, 0.6) is 0 Å². The number of benzene rings is 2. The van der Waals surface area contributed by atoms with Gasteiger partial charge in [0.25, 0.3) is 0 Å². The lowest BCUT2D eigenvalue weighted by atomic mass is 10.1. The van der Waals surface area contributed by atoms with Crippen LogP contribution in [0.4, 0.5) is 0 Å². The minimum Gasteiger partial charge on any atom is -0.710 e. The van der Waals surface area contributed by atoms with Gasteiger partial charge in [-0.25, -0.2) is 9.52 Å². The van der Waals surface area contributed by atoms with E-state index < -0.39 is 11.8 Å². The van der Waals surface area contributed by atoms with Gasteiger partial charge in [-0.05, 0) is 28.0 Å². The Labute approximate surface area is 113 Å². The molecular formula is C14H10N2O4. The Morgan fingerprint density at radius 1 is 1.10 bits per heavy atom. The average molecular weight is 270 g/mol. The highest BCUT2D eigenvalue weighted by atomic mass is 16.5. The van der Waals surface area contributed by atoms with Crippen LogP contribution in [0.2, 0.25) is 0 Å². The highest BCUT2D eigenvalue weighted by Gasteiger charge is 2.28. The number of rotatable bonds is 2. The zero-order valence-corrected chi connectivity index (χ0v) is 10.2. The summed E-state index contributed by atoms with van der Waals surface area (Å²) in [5.41, 5.74) is 1.94. The summed E-state index contributed by atoms with van der Waals surface area (Å²) < 4.78 is 0.601. The lowest BCUT2D eigenvalue weighted by Crippen LogP contribution is -2.34. The van der Waals surface area contributed by atoms with Crippen molar-refractivity contribution in [2.24, 2.45) is 0 Å². The highest BCUT2D eigenvalue weighted by molar-refractivity contribution is 5.88. The molecule has 1 heterocycles. The van der Waals surface area contributed by atoms with E-state index in [-0.39, 0.29) is 15.8 Å². The SMILES string of the molecule is O=C(O)c1n(O)c2cc(-c3ccccc3)ccc2[n+]1[O-]. The van der Waals surface area contributed by atoms with Crippen LogP contribution >= 0.6 is 0 Å². The Balaban J connectivity index is 2.27. The van der Waals surface area contributed by atoms with Crippen molar-refractivity contribution in [1.82, 2.24) is 4.73 Å². The maximum Gasteiger partial charge on any atom is 0.424 e. The third-order valence-corrected chi connectivity index (χ3v) is 3.11. The first-order valence-corrected chi connectivity index (χ1v) is 5.85. The van der Waals surface area contributed by atoms with Gasteiger partial charge >= 0.3 is 11.8 Å². The van der Waals surface area contributed by atoms with E-state index in [1.54, 1.807) is 12.1 Å². The molecule has 6 nitrogen and oxygen atoms in total. The van der Waals surface area contributed by atoms with Gasteiger partial charge in [-0.3, -0.25) is 0 Å². The first kappa shape index (κ1) is 12.0. The van der Waals surface area contributed by atoms with E-state index in [2.05, 4.69) is 0 Å². The molecule has 0 atom stereocenters. The quantitative estimate of drug-likeness (QED) is 0.422. The highest BCUT2D eigenvalue weighted by Crippen LogP contribution is 2.23. The summed E-state index contributed by atoms with van der Waals surface area (Å²) in [6.45, 7) is 0. The number of imidazole rings is 1. The molecule has 0 unspecified atom stereocenters. The summed E-state index contributed by atoms with van der Waals surface area (Å²) in [6, 6.07) is 14.2. The van der Waals surface area contributed by atoms with Crippen LogP contribution in [0.15, 0.2) is 48.5 Å². The Hall–Kier alpha value is -3.02. The summed E-state index contributed by atoms with van der Waals surface area (Å²) in [5.74, 6) is -2.22. The van der Waals surface area contributed by atoms with Crippen molar-refractivity contribution in [2.75, 3.05) is 0 Å². The minimum atomic E-state index is -1.49. The fraction of sp³-hybridized carbons (Fsp3) is 0. The molecule has 100 valence electrons. The number of aromatic carboxylic acids is 1. The third-order valence-electron chi connectivity index (χ3n) is 3.11. The van der Waals surface area contributed by atoms with E-state index in [0.717, 1.165) is 11.1 Å². The lowest BCUT2D eigenvalue weighted by molar-refractivity contribution is -0.583. The van der Waals surface area contributed by atoms with Crippen molar-refractivity contribution >= 4 is 17.0 Å². The number of carboxylic acids is 1. The molecule has 0 saturated heterocycles. The predicted molar refractivity (Wildman–Crippen MR) is 70.5 cm³/mol. The molecular weight excluding hydrogens is 260 g/mol. The Bertz CT molecular complexity index is 809. The van der Waals surface area contributed by atoms with Crippen LogP contribution < -0.4 is 4.73 Å². The van der Waals surface area contributed by atoms with E-state index in [1.165, 1.54) is 6.07 Å². The maximum absolute atomic E-state index is 11.8. The molecule has 3 rings (SSSR count). The summed E-state index contributed by atoms with van der Waals surface area (Å²) in [4.78, 5) is 11.0. The van der Waals surface area contributed by atoms with Gasteiger partial charge in [0.1, 0.15) is 0 Å². The molecule has 2 aromatic carbocycles. The molecule has 0 radical (unpaired) electrons. The van der Waals surface area contributed by atoms with Crippen molar-refractivity contribution in [1.29, 1.82) is 0 Å².